The van der Waals surface area contributed by atoms with Gasteiger partial charge in [-0.15, -0.1) is 0 Å². The number of nitrogens with one attached hydrogen (secondary N) is 1. The van der Waals surface area contributed by atoms with Gasteiger partial charge >= 0.3 is 5.69 Å². The van der Waals surface area contributed by atoms with Crippen LogP contribution >= 0.6 is 0 Å². The van der Waals surface area contributed by atoms with Gasteiger partial charge in [0, 0.05) is 39.3 Å². The average molecular weight is 211 g/mol. The topological polar surface area (TPSA) is 73.1 Å². The molecule has 0 aromatic carbocycles. The second-order valence-electron chi connectivity index (χ2n) is 3.12. The first-order valence-corrected chi connectivity index (χ1v) is 4.53. The molecule has 82 valence electrons. The molecule has 1 aromatic heterocycles. The highest BCUT2D eigenvalue weighted by Gasteiger charge is 2.04. The zero-order valence-electron chi connectivity index (χ0n) is 8.69. The molecule has 0 saturated carbocycles. The molecule has 0 aliphatic carbocycles. The van der Waals surface area contributed by atoms with Gasteiger partial charge in [0.1, 0.15) is 0 Å². The van der Waals surface area contributed by atoms with E-state index in [1.54, 1.807) is 7.05 Å². The van der Waals surface area contributed by atoms with Crippen LogP contribution in [0, 0.1) is 0 Å². The molecule has 0 aliphatic rings. The fourth-order valence-electron chi connectivity index (χ4n) is 1.16. The number of nitrogens with zero attached hydrogens (tertiary/aromatic N) is 2. The second kappa shape index (κ2) is 4.59. The molecule has 0 saturated heterocycles. The van der Waals surface area contributed by atoms with Crippen LogP contribution in [-0.2, 0) is 18.4 Å². The SMILES string of the molecule is CNC(=O)CCn1c(=O)ccn(C)c1=O. The highest BCUT2D eigenvalue weighted by molar-refractivity contribution is 5.75. The van der Waals surface area contributed by atoms with Crippen molar-refractivity contribution in [3.8, 4) is 0 Å². The van der Waals surface area contributed by atoms with Crippen LogP contribution in [0.4, 0.5) is 0 Å². The normalized spacial score (nSPS) is 10.0. The van der Waals surface area contributed by atoms with Crippen molar-refractivity contribution in [1.82, 2.24) is 14.5 Å². The summed E-state index contributed by atoms with van der Waals surface area (Å²) < 4.78 is 2.33. The highest BCUT2D eigenvalue weighted by Crippen LogP contribution is 1.82. The standard InChI is InChI=1S/C9H13N3O3/c1-10-7(13)3-6-12-8(14)4-5-11(2)9(12)15/h4-5H,3,6H2,1-2H3,(H,10,13). The van der Waals surface area contributed by atoms with Gasteiger partial charge in [0.2, 0.25) is 5.91 Å². The van der Waals surface area contributed by atoms with Gasteiger partial charge in [-0.25, -0.2) is 4.79 Å². The minimum Gasteiger partial charge on any atom is -0.359 e. The Labute approximate surface area is 86.1 Å². The third kappa shape index (κ3) is 2.55. The van der Waals surface area contributed by atoms with Gasteiger partial charge in [0.25, 0.3) is 5.56 Å². The fourth-order valence-corrected chi connectivity index (χ4v) is 1.16. The lowest BCUT2D eigenvalue weighted by atomic mass is 10.4. The van der Waals surface area contributed by atoms with E-state index in [0.29, 0.717) is 0 Å². The number of aromatic nitrogens is 2. The molecule has 15 heavy (non-hydrogen) atoms. The molecule has 1 rings (SSSR count). The summed E-state index contributed by atoms with van der Waals surface area (Å²) in [6.07, 6.45) is 1.52. The van der Waals surface area contributed by atoms with E-state index < -0.39 is 5.69 Å². The summed E-state index contributed by atoms with van der Waals surface area (Å²) in [5.41, 5.74) is -0.798. The maximum Gasteiger partial charge on any atom is 0.330 e. The maximum atomic E-state index is 11.5. The number of hydrogen-bond donors (Lipinski definition) is 1. The Bertz CT molecular complexity index is 472. The summed E-state index contributed by atoms with van der Waals surface area (Å²) >= 11 is 0. The van der Waals surface area contributed by atoms with E-state index in [-0.39, 0.29) is 24.4 Å². The largest absolute Gasteiger partial charge is 0.359 e. The van der Waals surface area contributed by atoms with E-state index in [1.807, 2.05) is 0 Å². The zero-order valence-corrected chi connectivity index (χ0v) is 8.69. The molecule has 0 atom stereocenters. The first kappa shape index (κ1) is 11.2. The number of carbonyl (C=O) groups is 1. The van der Waals surface area contributed by atoms with Crippen molar-refractivity contribution in [3.63, 3.8) is 0 Å². The van der Waals surface area contributed by atoms with Gasteiger partial charge in [0.05, 0.1) is 0 Å². The molecule has 0 fully saturated rings. The van der Waals surface area contributed by atoms with E-state index in [9.17, 15) is 14.4 Å². The summed E-state index contributed by atoms with van der Waals surface area (Å²) in [6, 6.07) is 1.30. The zero-order chi connectivity index (χ0) is 11.4. The quantitative estimate of drug-likeness (QED) is 0.674. The molecule has 6 nitrogen and oxygen atoms in total. The Hall–Kier alpha value is -1.85. The van der Waals surface area contributed by atoms with Crippen molar-refractivity contribution < 1.29 is 4.79 Å². The highest BCUT2D eigenvalue weighted by atomic mass is 16.2. The summed E-state index contributed by atoms with van der Waals surface area (Å²) in [5.74, 6) is -0.201. The number of carbonyl (C=O) groups excluding carboxylic acids is 1. The van der Waals surface area contributed by atoms with Gasteiger partial charge in [-0.05, 0) is 0 Å². The van der Waals surface area contributed by atoms with Crippen molar-refractivity contribution in [2.24, 2.45) is 7.05 Å². The Morgan fingerprint density at radius 3 is 2.73 bits per heavy atom. The van der Waals surface area contributed by atoms with Crippen molar-refractivity contribution >= 4 is 5.91 Å². The van der Waals surface area contributed by atoms with Crippen LogP contribution in [0.15, 0.2) is 21.9 Å². The van der Waals surface area contributed by atoms with Crippen molar-refractivity contribution in [2.45, 2.75) is 13.0 Å². The third-order valence-corrected chi connectivity index (χ3v) is 2.08. The van der Waals surface area contributed by atoms with E-state index in [2.05, 4.69) is 5.32 Å². The molecular formula is C9H13N3O3. The van der Waals surface area contributed by atoms with Gasteiger partial charge in [-0.2, -0.15) is 0 Å². The van der Waals surface area contributed by atoms with Gasteiger partial charge in [0.15, 0.2) is 0 Å². The summed E-state index contributed by atoms with van der Waals surface area (Å²) in [4.78, 5) is 33.8. The first-order valence-electron chi connectivity index (χ1n) is 4.53. The molecule has 0 bridgehead atoms. The minimum atomic E-state index is -0.411. The monoisotopic (exact) mass is 211 g/mol. The van der Waals surface area contributed by atoms with Crippen LogP contribution in [0.25, 0.3) is 0 Å². The van der Waals surface area contributed by atoms with E-state index in [1.165, 1.54) is 23.9 Å². The molecule has 1 N–H and O–H groups in total. The van der Waals surface area contributed by atoms with Crippen LogP contribution in [0.5, 0.6) is 0 Å². The second-order valence-corrected chi connectivity index (χ2v) is 3.12. The van der Waals surface area contributed by atoms with Crippen LogP contribution in [-0.4, -0.2) is 22.1 Å². The number of rotatable bonds is 3. The Morgan fingerprint density at radius 2 is 2.13 bits per heavy atom. The predicted molar refractivity (Wildman–Crippen MR) is 54.6 cm³/mol. The van der Waals surface area contributed by atoms with Crippen molar-refractivity contribution in [3.05, 3.63) is 33.1 Å². The maximum absolute atomic E-state index is 11.5. The molecule has 1 aromatic rings. The van der Waals surface area contributed by atoms with E-state index in [0.717, 1.165) is 4.57 Å². The van der Waals surface area contributed by atoms with Gasteiger partial charge < -0.3 is 9.88 Å². The van der Waals surface area contributed by atoms with Gasteiger partial charge in [-0.3, -0.25) is 14.2 Å². The molecule has 1 heterocycles. The number of aryl methyl sites for hydroxylation is 1. The lowest BCUT2D eigenvalue weighted by Gasteiger charge is -2.05. The first-order chi connectivity index (χ1) is 7.06. The van der Waals surface area contributed by atoms with E-state index >= 15 is 0 Å². The molecule has 0 radical (unpaired) electrons. The Balaban J connectivity index is 2.95. The molecule has 0 unspecified atom stereocenters. The minimum absolute atomic E-state index is 0.103. The summed E-state index contributed by atoms with van der Waals surface area (Å²) in [7, 11) is 3.06. The van der Waals surface area contributed by atoms with Crippen molar-refractivity contribution in [2.75, 3.05) is 7.05 Å². The van der Waals surface area contributed by atoms with Crippen LogP contribution < -0.4 is 16.6 Å². The number of hydrogen-bond acceptors (Lipinski definition) is 3. The molecule has 0 spiro atoms. The summed E-state index contributed by atoms with van der Waals surface area (Å²) in [6.45, 7) is 0.103. The lowest BCUT2D eigenvalue weighted by Crippen LogP contribution is -2.38. The molecule has 0 aliphatic heterocycles. The Kier molecular flexibility index (Phi) is 3.43. The Morgan fingerprint density at radius 1 is 1.47 bits per heavy atom. The predicted octanol–water partition coefficient (Wildman–Crippen LogP) is -1.32. The van der Waals surface area contributed by atoms with Crippen LogP contribution in [0.2, 0.25) is 0 Å². The number of amides is 1. The van der Waals surface area contributed by atoms with Crippen LogP contribution in [0.3, 0.4) is 0 Å². The third-order valence-electron chi connectivity index (χ3n) is 2.08. The smallest absolute Gasteiger partial charge is 0.330 e. The lowest BCUT2D eigenvalue weighted by molar-refractivity contribution is -0.120. The van der Waals surface area contributed by atoms with Crippen molar-refractivity contribution in [1.29, 1.82) is 0 Å². The molecular weight excluding hydrogens is 198 g/mol. The average Bonchev–Trinajstić information content (AvgIpc) is 2.23. The fraction of sp³-hybridized carbons (Fsp3) is 0.444. The summed E-state index contributed by atoms with van der Waals surface area (Å²) in [5, 5.41) is 2.43. The molecule has 6 heteroatoms. The van der Waals surface area contributed by atoms with Crippen LogP contribution in [0.1, 0.15) is 6.42 Å². The molecule has 1 amide bonds. The van der Waals surface area contributed by atoms with Gasteiger partial charge in [-0.1, -0.05) is 0 Å². The van der Waals surface area contributed by atoms with E-state index in [4.69, 9.17) is 0 Å².